The molecule has 1 unspecified atom stereocenters. The number of nitrogens with zero attached hydrogens (tertiary/aromatic N) is 4. The molecule has 2 N–H and O–H groups in total. The molecule has 0 amide bonds. The van der Waals surface area contributed by atoms with Crippen LogP contribution in [-0.4, -0.2) is 25.2 Å². The second-order valence-electron chi connectivity index (χ2n) is 5.14. The molecule has 0 radical (unpaired) electrons. The molecule has 0 bridgehead atoms. The summed E-state index contributed by atoms with van der Waals surface area (Å²) in [5, 5.41) is 8.59. The van der Waals surface area contributed by atoms with Crippen LogP contribution in [0.25, 0.3) is 4.96 Å². The van der Waals surface area contributed by atoms with Crippen molar-refractivity contribution in [3.05, 3.63) is 29.0 Å². The van der Waals surface area contributed by atoms with Crippen LogP contribution >= 0.6 is 23.1 Å². The molecule has 5 nitrogen and oxygen atoms in total. The van der Waals surface area contributed by atoms with Crippen molar-refractivity contribution in [2.24, 2.45) is 12.8 Å². The Bertz CT molecular complexity index is 755. The van der Waals surface area contributed by atoms with Gasteiger partial charge in [-0.2, -0.15) is 5.10 Å². The Morgan fingerprint density at radius 1 is 1.48 bits per heavy atom. The van der Waals surface area contributed by atoms with E-state index in [4.69, 9.17) is 10.7 Å². The fraction of sp³-hybridized carbons (Fsp3) is 0.429. The predicted octanol–water partition coefficient (Wildman–Crippen LogP) is 2.87. The summed E-state index contributed by atoms with van der Waals surface area (Å²) in [6.07, 6.45) is 3.88. The Balaban J connectivity index is 1.98. The highest BCUT2D eigenvalue weighted by Gasteiger charge is 2.18. The lowest BCUT2D eigenvalue weighted by atomic mass is 10.1. The zero-order valence-electron chi connectivity index (χ0n) is 12.4. The van der Waals surface area contributed by atoms with E-state index < -0.39 is 0 Å². The molecule has 0 spiro atoms. The molecule has 0 saturated carbocycles. The minimum atomic E-state index is 0.164. The van der Waals surface area contributed by atoms with Gasteiger partial charge in [-0.1, -0.05) is 6.92 Å². The van der Waals surface area contributed by atoms with Crippen molar-refractivity contribution in [2.45, 2.75) is 42.8 Å². The largest absolute Gasteiger partial charge is 0.327 e. The van der Waals surface area contributed by atoms with Crippen LogP contribution in [0.15, 0.2) is 27.7 Å². The van der Waals surface area contributed by atoms with Gasteiger partial charge in [-0.05, 0) is 31.2 Å². The minimum Gasteiger partial charge on any atom is -0.327 e. The number of fused-ring (bicyclic) bond motifs is 1. The van der Waals surface area contributed by atoms with Gasteiger partial charge < -0.3 is 5.73 Å². The van der Waals surface area contributed by atoms with Crippen LogP contribution in [0.3, 0.4) is 0 Å². The molecule has 1 atom stereocenters. The summed E-state index contributed by atoms with van der Waals surface area (Å²) in [6, 6.07) is 2.25. The molecule has 0 fully saturated rings. The van der Waals surface area contributed by atoms with Crippen LogP contribution in [0, 0.1) is 6.92 Å². The lowest BCUT2D eigenvalue weighted by Crippen LogP contribution is -2.22. The summed E-state index contributed by atoms with van der Waals surface area (Å²) in [7, 11) is 1.96. The van der Waals surface area contributed by atoms with Gasteiger partial charge in [-0.3, -0.25) is 9.08 Å². The van der Waals surface area contributed by atoms with Gasteiger partial charge in [0.2, 0.25) is 0 Å². The van der Waals surface area contributed by atoms with Gasteiger partial charge in [0.1, 0.15) is 10.1 Å². The normalized spacial score (nSPS) is 13.1. The number of nitrogens with two attached hydrogens (primary N) is 1. The third kappa shape index (κ3) is 2.86. The minimum absolute atomic E-state index is 0.164. The summed E-state index contributed by atoms with van der Waals surface area (Å²) >= 11 is 3.32. The quantitative estimate of drug-likeness (QED) is 0.785. The molecule has 3 aromatic heterocycles. The average molecular weight is 321 g/mol. The second-order valence-corrected chi connectivity index (χ2v) is 7.02. The van der Waals surface area contributed by atoms with Crippen molar-refractivity contribution in [1.29, 1.82) is 0 Å². The van der Waals surface area contributed by atoms with Gasteiger partial charge in [0.25, 0.3) is 0 Å². The molecule has 0 aliphatic heterocycles. The Labute approximate surface area is 132 Å². The zero-order valence-corrected chi connectivity index (χ0v) is 14.0. The van der Waals surface area contributed by atoms with Crippen molar-refractivity contribution in [1.82, 2.24) is 19.2 Å². The van der Waals surface area contributed by atoms with Crippen LogP contribution in [0.2, 0.25) is 0 Å². The molecular weight excluding hydrogens is 302 g/mol. The number of aryl methyl sites for hydroxylation is 2. The Kier molecular flexibility index (Phi) is 4.05. The Morgan fingerprint density at radius 2 is 2.29 bits per heavy atom. The third-order valence-electron chi connectivity index (χ3n) is 3.46. The van der Waals surface area contributed by atoms with Gasteiger partial charge in [-0.25, -0.2) is 4.98 Å². The maximum atomic E-state index is 6.16. The number of hydrogen-bond donors (Lipinski definition) is 1. The zero-order chi connectivity index (χ0) is 15.0. The third-order valence-corrected chi connectivity index (χ3v) is 5.33. The van der Waals surface area contributed by atoms with Gasteiger partial charge in [0.15, 0.2) is 4.96 Å². The number of imidazole rings is 1. The monoisotopic (exact) mass is 321 g/mol. The molecule has 3 aromatic rings. The molecule has 21 heavy (non-hydrogen) atoms. The van der Waals surface area contributed by atoms with E-state index in [2.05, 4.69) is 34.1 Å². The van der Waals surface area contributed by atoms with Gasteiger partial charge in [0.05, 0.1) is 11.4 Å². The fourth-order valence-corrected chi connectivity index (χ4v) is 4.08. The molecule has 0 aromatic carbocycles. The molecule has 0 aliphatic rings. The summed E-state index contributed by atoms with van der Waals surface area (Å²) in [5.41, 5.74) is 8.38. The van der Waals surface area contributed by atoms with Crippen LogP contribution in [0.4, 0.5) is 0 Å². The van der Waals surface area contributed by atoms with Crippen molar-refractivity contribution in [3.63, 3.8) is 0 Å². The van der Waals surface area contributed by atoms with Gasteiger partial charge in [-0.15, -0.1) is 11.3 Å². The van der Waals surface area contributed by atoms with E-state index in [0.29, 0.717) is 0 Å². The van der Waals surface area contributed by atoms with E-state index in [1.807, 2.05) is 18.7 Å². The Morgan fingerprint density at radius 3 is 2.95 bits per heavy atom. The number of rotatable bonds is 5. The van der Waals surface area contributed by atoms with Crippen molar-refractivity contribution < 1.29 is 0 Å². The number of thiazole rings is 1. The maximum Gasteiger partial charge on any atom is 0.194 e. The fourth-order valence-electron chi connectivity index (χ4n) is 2.25. The van der Waals surface area contributed by atoms with E-state index in [1.54, 1.807) is 23.1 Å². The van der Waals surface area contributed by atoms with E-state index in [9.17, 15) is 0 Å². The molecule has 0 aliphatic carbocycles. The van der Waals surface area contributed by atoms with Crippen LogP contribution in [0.1, 0.15) is 24.7 Å². The van der Waals surface area contributed by atoms with Crippen LogP contribution in [-0.2, 0) is 13.5 Å². The summed E-state index contributed by atoms with van der Waals surface area (Å²) in [6.45, 7) is 4.12. The molecule has 3 rings (SSSR count). The molecule has 0 saturated heterocycles. The molecule has 7 heteroatoms. The van der Waals surface area contributed by atoms with E-state index in [0.717, 1.165) is 33.5 Å². The summed E-state index contributed by atoms with van der Waals surface area (Å²) < 4.78 is 4.06. The van der Waals surface area contributed by atoms with E-state index in [1.165, 1.54) is 5.69 Å². The maximum absolute atomic E-state index is 6.16. The number of aromatic nitrogens is 4. The molecule has 3 heterocycles. The average Bonchev–Trinajstić information content (AvgIpc) is 3.09. The van der Waals surface area contributed by atoms with E-state index in [-0.39, 0.29) is 6.04 Å². The smallest absolute Gasteiger partial charge is 0.194 e. The first-order valence-electron chi connectivity index (χ1n) is 6.97. The summed E-state index contributed by atoms with van der Waals surface area (Å²) in [5.74, 6) is 0. The van der Waals surface area contributed by atoms with Crippen molar-refractivity contribution >= 4 is 28.1 Å². The van der Waals surface area contributed by atoms with Crippen molar-refractivity contribution in [3.8, 4) is 0 Å². The second kappa shape index (κ2) is 5.82. The topological polar surface area (TPSA) is 61.1 Å². The van der Waals surface area contributed by atoms with Gasteiger partial charge >= 0.3 is 0 Å². The highest BCUT2D eigenvalue weighted by Crippen LogP contribution is 2.32. The van der Waals surface area contributed by atoms with Crippen LogP contribution in [0.5, 0.6) is 0 Å². The standard InChI is InChI=1S/C14H19N5S2/c1-4-10(15)8-11-13(16-14-19(11)5-6-20-14)21-12-7-9(2)17-18(12)3/h5-7,10H,4,8,15H2,1-3H3. The first kappa shape index (κ1) is 14.6. The highest BCUT2D eigenvalue weighted by atomic mass is 32.2. The first-order valence-corrected chi connectivity index (χ1v) is 8.66. The first-order chi connectivity index (χ1) is 10.1. The predicted molar refractivity (Wildman–Crippen MR) is 87.1 cm³/mol. The molecular formula is C14H19N5S2. The SMILES string of the molecule is CCC(N)Cc1c(Sc2cc(C)nn2C)nc2sccn12. The summed E-state index contributed by atoms with van der Waals surface area (Å²) in [4.78, 5) is 5.78. The lowest BCUT2D eigenvalue weighted by Gasteiger charge is -2.09. The van der Waals surface area contributed by atoms with Crippen LogP contribution < -0.4 is 5.73 Å². The van der Waals surface area contributed by atoms with Gasteiger partial charge in [0, 0.05) is 31.1 Å². The van der Waals surface area contributed by atoms with Crippen molar-refractivity contribution in [2.75, 3.05) is 0 Å². The lowest BCUT2D eigenvalue weighted by molar-refractivity contribution is 0.627. The van der Waals surface area contributed by atoms with E-state index >= 15 is 0 Å². The Hall–Kier alpha value is -1.31. The molecule has 112 valence electrons. The highest BCUT2D eigenvalue weighted by molar-refractivity contribution is 7.99. The number of hydrogen-bond acceptors (Lipinski definition) is 5.